The lowest BCUT2D eigenvalue weighted by Crippen LogP contribution is -2.24. The smallest absolute Gasteiger partial charge is 0.0762 e. The molecule has 3 heteroatoms. The molecule has 1 aromatic heterocycles. The first-order chi connectivity index (χ1) is 9.57. The van der Waals surface area contributed by atoms with Gasteiger partial charge in [-0.2, -0.15) is 0 Å². The number of ether oxygens (including phenoxy) is 1. The second-order valence-corrected chi connectivity index (χ2v) is 6.98. The van der Waals surface area contributed by atoms with Crippen molar-refractivity contribution in [2.45, 2.75) is 77.2 Å². The van der Waals surface area contributed by atoms with Crippen molar-refractivity contribution in [2.24, 2.45) is 0 Å². The fourth-order valence-corrected chi connectivity index (χ4v) is 3.75. The molecule has 3 rings (SSSR count). The third-order valence-corrected chi connectivity index (χ3v) is 4.73. The standard InChI is InChI=1S/C17H28N2O/c1-4-18-16-7-5-6-13-10-19(12-15(13)16)11-14-8-9-17(2,3)20-14/h10,12,14,16,18H,4-9,11H2,1-3H3. The maximum absolute atomic E-state index is 6.12. The summed E-state index contributed by atoms with van der Waals surface area (Å²) in [6, 6.07) is 0.561. The van der Waals surface area contributed by atoms with Gasteiger partial charge in [0.05, 0.1) is 11.7 Å². The van der Waals surface area contributed by atoms with Crippen LogP contribution in [0.25, 0.3) is 0 Å². The van der Waals surface area contributed by atoms with Crippen molar-refractivity contribution in [1.29, 1.82) is 0 Å². The number of nitrogens with zero attached hydrogens (tertiary/aromatic N) is 1. The lowest BCUT2D eigenvalue weighted by molar-refractivity contribution is -0.0216. The largest absolute Gasteiger partial charge is 0.370 e. The maximum Gasteiger partial charge on any atom is 0.0762 e. The van der Waals surface area contributed by atoms with E-state index >= 15 is 0 Å². The van der Waals surface area contributed by atoms with E-state index in [2.05, 4.69) is 43.0 Å². The summed E-state index contributed by atoms with van der Waals surface area (Å²) in [5.74, 6) is 0. The lowest BCUT2D eigenvalue weighted by atomic mass is 9.91. The normalized spacial score (nSPS) is 28.6. The van der Waals surface area contributed by atoms with Crippen LogP contribution >= 0.6 is 0 Å². The van der Waals surface area contributed by atoms with Crippen LogP contribution < -0.4 is 5.32 Å². The molecule has 1 aliphatic carbocycles. The van der Waals surface area contributed by atoms with Crippen molar-refractivity contribution in [3.63, 3.8) is 0 Å². The van der Waals surface area contributed by atoms with E-state index in [1.165, 1.54) is 37.7 Å². The van der Waals surface area contributed by atoms with Gasteiger partial charge in [0.1, 0.15) is 0 Å². The lowest BCUT2D eigenvalue weighted by Gasteiger charge is -2.23. The first-order valence-electron chi connectivity index (χ1n) is 8.17. The fourth-order valence-electron chi connectivity index (χ4n) is 3.75. The Labute approximate surface area is 122 Å². The van der Waals surface area contributed by atoms with E-state index in [1.807, 2.05) is 0 Å². The Morgan fingerprint density at radius 1 is 1.35 bits per heavy atom. The van der Waals surface area contributed by atoms with E-state index in [-0.39, 0.29) is 5.60 Å². The van der Waals surface area contributed by atoms with Gasteiger partial charge in [0.25, 0.3) is 0 Å². The molecule has 0 amide bonds. The summed E-state index contributed by atoms with van der Waals surface area (Å²) in [6.45, 7) is 8.66. The highest BCUT2D eigenvalue weighted by Gasteiger charge is 2.32. The summed E-state index contributed by atoms with van der Waals surface area (Å²) >= 11 is 0. The first-order valence-corrected chi connectivity index (χ1v) is 8.17. The van der Waals surface area contributed by atoms with Crippen LogP contribution in [0.3, 0.4) is 0 Å². The molecular weight excluding hydrogens is 248 g/mol. The molecule has 2 heterocycles. The zero-order valence-corrected chi connectivity index (χ0v) is 13.1. The highest BCUT2D eigenvalue weighted by atomic mass is 16.5. The number of fused-ring (bicyclic) bond motifs is 1. The zero-order chi connectivity index (χ0) is 14.2. The Morgan fingerprint density at radius 2 is 2.20 bits per heavy atom. The van der Waals surface area contributed by atoms with Gasteiger partial charge in [-0.25, -0.2) is 0 Å². The molecule has 1 aromatic rings. The molecule has 0 spiro atoms. The van der Waals surface area contributed by atoms with E-state index in [0.717, 1.165) is 13.1 Å². The van der Waals surface area contributed by atoms with Crippen LogP contribution in [0.1, 0.15) is 63.6 Å². The molecule has 2 unspecified atom stereocenters. The number of rotatable bonds is 4. The molecular formula is C17H28N2O. The average Bonchev–Trinajstić information content (AvgIpc) is 2.94. The van der Waals surface area contributed by atoms with Crippen molar-refractivity contribution in [3.05, 3.63) is 23.5 Å². The SMILES string of the molecule is CCNC1CCCc2cn(CC3CCC(C)(C)O3)cc21. The monoisotopic (exact) mass is 276 g/mol. The van der Waals surface area contributed by atoms with Gasteiger partial charge in [-0.3, -0.25) is 0 Å². The second-order valence-electron chi connectivity index (χ2n) is 6.98. The Hall–Kier alpha value is -0.800. The first kappa shape index (κ1) is 14.2. The number of hydrogen-bond donors (Lipinski definition) is 1. The van der Waals surface area contributed by atoms with Crippen LogP contribution in [0.5, 0.6) is 0 Å². The van der Waals surface area contributed by atoms with Crippen LogP contribution in [-0.4, -0.2) is 22.8 Å². The van der Waals surface area contributed by atoms with Crippen LogP contribution in [0.2, 0.25) is 0 Å². The van der Waals surface area contributed by atoms with Crippen molar-refractivity contribution in [1.82, 2.24) is 9.88 Å². The predicted molar refractivity (Wildman–Crippen MR) is 82.0 cm³/mol. The van der Waals surface area contributed by atoms with E-state index in [9.17, 15) is 0 Å². The van der Waals surface area contributed by atoms with E-state index in [4.69, 9.17) is 4.74 Å². The molecule has 112 valence electrons. The van der Waals surface area contributed by atoms with Crippen LogP contribution in [-0.2, 0) is 17.7 Å². The Morgan fingerprint density at radius 3 is 2.90 bits per heavy atom. The number of nitrogens with one attached hydrogen (secondary N) is 1. The van der Waals surface area contributed by atoms with Crippen molar-refractivity contribution < 1.29 is 4.74 Å². The topological polar surface area (TPSA) is 26.2 Å². The minimum absolute atomic E-state index is 0.0732. The van der Waals surface area contributed by atoms with Gasteiger partial charge < -0.3 is 14.6 Å². The predicted octanol–water partition coefficient (Wildman–Crippen LogP) is 3.43. The van der Waals surface area contributed by atoms with Crippen molar-refractivity contribution >= 4 is 0 Å². The molecule has 0 aromatic carbocycles. The van der Waals surface area contributed by atoms with Crippen molar-refractivity contribution in [3.8, 4) is 0 Å². The summed E-state index contributed by atoms with van der Waals surface area (Å²) in [7, 11) is 0. The highest BCUT2D eigenvalue weighted by molar-refractivity contribution is 5.30. The zero-order valence-electron chi connectivity index (χ0n) is 13.1. The second kappa shape index (κ2) is 5.53. The van der Waals surface area contributed by atoms with Crippen LogP contribution in [0.4, 0.5) is 0 Å². The van der Waals surface area contributed by atoms with E-state index in [1.54, 1.807) is 5.56 Å². The van der Waals surface area contributed by atoms with Crippen LogP contribution in [0.15, 0.2) is 12.4 Å². The molecule has 0 radical (unpaired) electrons. The maximum atomic E-state index is 6.12. The molecule has 2 atom stereocenters. The highest BCUT2D eigenvalue weighted by Crippen LogP contribution is 2.33. The molecule has 20 heavy (non-hydrogen) atoms. The summed E-state index contributed by atoms with van der Waals surface area (Å²) in [4.78, 5) is 0. The van der Waals surface area contributed by atoms with Crippen molar-refractivity contribution in [2.75, 3.05) is 6.54 Å². The molecule has 1 fully saturated rings. The number of aryl methyl sites for hydroxylation is 1. The van der Waals surface area contributed by atoms with Crippen LogP contribution in [0, 0.1) is 0 Å². The van der Waals surface area contributed by atoms with Gasteiger partial charge in [-0.1, -0.05) is 6.92 Å². The molecule has 0 saturated carbocycles. The summed E-state index contributed by atoms with van der Waals surface area (Å²) < 4.78 is 8.49. The van der Waals surface area contributed by atoms with Gasteiger partial charge in [0.2, 0.25) is 0 Å². The van der Waals surface area contributed by atoms with Gasteiger partial charge >= 0.3 is 0 Å². The molecule has 1 saturated heterocycles. The minimum atomic E-state index is 0.0732. The molecule has 3 nitrogen and oxygen atoms in total. The molecule has 1 N–H and O–H groups in total. The van der Waals surface area contributed by atoms with E-state index in [0.29, 0.717) is 12.1 Å². The molecule has 1 aliphatic heterocycles. The molecule has 0 bridgehead atoms. The number of aromatic nitrogens is 1. The Balaban J connectivity index is 1.70. The average molecular weight is 276 g/mol. The molecule has 2 aliphatic rings. The fraction of sp³-hybridized carbons (Fsp3) is 0.765. The van der Waals surface area contributed by atoms with E-state index < -0.39 is 0 Å². The number of hydrogen-bond acceptors (Lipinski definition) is 2. The van der Waals surface area contributed by atoms with Gasteiger partial charge in [0, 0.05) is 25.0 Å². The van der Waals surface area contributed by atoms with Gasteiger partial charge in [-0.05, 0) is 63.6 Å². The summed E-state index contributed by atoms with van der Waals surface area (Å²) in [5.41, 5.74) is 3.14. The summed E-state index contributed by atoms with van der Waals surface area (Å²) in [6.07, 6.45) is 11.3. The quantitative estimate of drug-likeness (QED) is 0.912. The Kier molecular flexibility index (Phi) is 3.91. The Bertz CT molecular complexity index is 464. The summed E-state index contributed by atoms with van der Waals surface area (Å²) in [5, 5.41) is 3.62. The minimum Gasteiger partial charge on any atom is -0.370 e. The third kappa shape index (κ3) is 2.94. The third-order valence-electron chi connectivity index (χ3n) is 4.73. The van der Waals surface area contributed by atoms with Gasteiger partial charge in [-0.15, -0.1) is 0 Å². The van der Waals surface area contributed by atoms with Gasteiger partial charge in [0.15, 0.2) is 0 Å².